The van der Waals surface area contributed by atoms with E-state index in [1.165, 1.54) is 36.3 Å². The van der Waals surface area contributed by atoms with Crippen molar-refractivity contribution in [1.29, 1.82) is 0 Å². The van der Waals surface area contributed by atoms with Crippen molar-refractivity contribution in [3.63, 3.8) is 0 Å². The number of amides is 2. The Bertz CT molecular complexity index is 1800. The summed E-state index contributed by atoms with van der Waals surface area (Å²) >= 11 is 6.11. The van der Waals surface area contributed by atoms with Crippen LogP contribution in [0.5, 0.6) is 5.75 Å². The summed E-state index contributed by atoms with van der Waals surface area (Å²) in [7, 11) is -2.80. The van der Waals surface area contributed by atoms with Gasteiger partial charge in [0.15, 0.2) is 0 Å². The molecule has 0 aliphatic heterocycles. The summed E-state index contributed by atoms with van der Waals surface area (Å²) in [6.45, 7) is -0.680. The lowest BCUT2D eigenvalue weighted by Gasteiger charge is -2.35. The van der Waals surface area contributed by atoms with Crippen LogP contribution in [0, 0.1) is 5.82 Å². The van der Waals surface area contributed by atoms with Gasteiger partial charge in [-0.3, -0.25) is 13.9 Å². The molecule has 1 atom stereocenters. The van der Waals surface area contributed by atoms with Crippen LogP contribution in [0.4, 0.5) is 10.1 Å². The zero-order valence-corrected chi connectivity index (χ0v) is 28.3. The highest BCUT2D eigenvalue weighted by Gasteiger charge is 2.35. The van der Waals surface area contributed by atoms with E-state index in [0.717, 1.165) is 48.0 Å². The maximum atomic E-state index is 14.6. The second-order valence-corrected chi connectivity index (χ2v) is 14.1. The number of rotatable bonds is 13. The first-order valence-electron chi connectivity index (χ1n) is 16.0. The van der Waals surface area contributed by atoms with Gasteiger partial charge in [0.2, 0.25) is 11.8 Å². The van der Waals surface area contributed by atoms with Crippen LogP contribution in [0.1, 0.15) is 43.2 Å². The first-order chi connectivity index (χ1) is 23.2. The summed E-state index contributed by atoms with van der Waals surface area (Å²) in [5.41, 5.74) is 1.53. The number of hydrogen-bond acceptors (Lipinski definition) is 5. The molecule has 4 aromatic carbocycles. The number of sulfonamides is 1. The van der Waals surface area contributed by atoms with Gasteiger partial charge in [0.25, 0.3) is 10.0 Å². The van der Waals surface area contributed by atoms with Crippen molar-refractivity contribution < 1.29 is 27.1 Å². The third-order valence-electron chi connectivity index (χ3n) is 8.51. The van der Waals surface area contributed by atoms with E-state index < -0.39 is 34.3 Å². The van der Waals surface area contributed by atoms with E-state index in [0.29, 0.717) is 11.3 Å². The third kappa shape index (κ3) is 8.73. The van der Waals surface area contributed by atoms with E-state index >= 15 is 0 Å². The molecule has 252 valence electrons. The molecule has 0 radical (unpaired) electrons. The van der Waals surface area contributed by atoms with Crippen LogP contribution >= 0.6 is 11.6 Å². The van der Waals surface area contributed by atoms with Crippen LogP contribution in [0.3, 0.4) is 0 Å². The summed E-state index contributed by atoms with van der Waals surface area (Å²) in [4.78, 5) is 30.2. The van der Waals surface area contributed by atoms with Crippen molar-refractivity contribution in [2.45, 2.75) is 62.0 Å². The minimum absolute atomic E-state index is 0.00494. The molecule has 0 heterocycles. The number of carbonyl (C=O) groups excluding carboxylic acids is 2. The second kappa shape index (κ2) is 16.1. The normalized spacial score (nSPS) is 14.1. The highest BCUT2D eigenvalue weighted by atomic mass is 35.5. The molecule has 4 aromatic rings. The molecule has 48 heavy (non-hydrogen) atoms. The van der Waals surface area contributed by atoms with Crippen LogP contribution in [-0.4, -0.2) is 50.9 Å². The number of nitrogens with one attached hydrogen (secondary N) is 1. The van der Waals surface area contributed by atoms with Gasteiger partial charge in [0, 0.05) is 19.0 Å². The Labute approximate surface area is 286 Å². The number of anilines is 1. The van der Waals surface area contributed by atoms with Crippen LogP contribution in [0.15, 0.2) is 108 Å². The van der Waals surface area contributed by atoms with Gasteiger partial charge in [0.1, 0.15) is 24.2 Å². The topological polar surface area (TPSA) is 96.0 Å². The Hall–Kier alpha value is -4.41. The highest BCUT2D eigenvalue weighted by molar-refractivity contribution is 7.92. The summed E-state index contributed by atoms with van der Waals surface area (Å²) < 4.78 is 48.8. The lowest BCUT2D eigenvalue weighted by atomic mass is 9.94. The van der Waals surface area contributed by atoms with Crippen molar-refractivity contribution in [1.82, 2.24) is 10.2 Å². The molecule has 1 aliphatic rings. The monoisotopic (exact) mass is 691 g/mol. The predicted molar refractivity (Wildman–Crippen MR) is 185 cm³/mol. The highest BCUT2D eigenvalue weighted by Crippen LogP contribution is 2.29. The van der Waals surface area contributed by atoms with Gasteiger partial charge < -0.3 is 15.0 Å². The molecule has 0 unspecified atom stereocenters. The van der Waals surface area contributed by atoms with E-state index in [1.54, 1.807) is 36.4 Å². The van der Waals surface area contributed by atoms with Crippen LogP contribution in [-0.2, 0) is 32.6 Å². The quantitative estimate of drug-likeness (QED) is 0.167. The molecule has 0 saturated heterocycles. The average Bonchev–Trinajstić information content (AvgIpc) is 3.11. The molecule has 8 nitrogen and oxygen atoms in total. The maximum absolute atomic E-state index is 14.6. The van der Waals surface area contributed by atoms with Crippen LogP contribution in [0.25, 0.3) is 0 Å². The lowest BCUT2D eigenvalue weighted by molar-refractivity contribution is -0.140. The molecule has 2 amide bonds. The van der Waals surface area contributed by atoms with Gasteiger partial charge in [-0.15, -0.1) is 0 Å². The third-order valence-corrected chi connectivity index (χ3v) is 10.6. The van der Waals surface area contributed by atoms with Gasteiger partial charge in [-0.25, -0.2) is 12.8 Å². The van der Waals surface area contributed by atoms with Crippen molar-refractivity contribution in [2.24, 2.45) is 0 Å². The van der Waals surface area contributed by atoms with E-state index in [-0.39, 0.29) is 40.5 Å². The Balaban J connectivity index is 1.58. The van der Waals surface area contributed by atoms with Gasteiger partial charge in [-0.05, 0) is 66.4 Å². The Morgan fingerprint density at radius 1 is 0.896 bits per heavy atom. The molecular formula is C37H39ClFN3O5S. The lowest BCUT2D eigenvalue weighted by Crippen LogP contribution is -2.55. The molecular weight excluding hydrogens is 653 g/mol. The molecule has 1 aliphatic carbocycles. The molecule has 5 rings (SSSR count). The van der Waals surface area contributed by atoms with Crippen molar-refractivity contribution in [3.8, 4) is 5.75 Å². The molecule has 0 bridgehead atoms. The van der Waals surface area contributed by atoms with Gasteiger partial charge in [-0.2, -0.15) is 0 Å². The zero-order valence-electron chi connectivity index (χ0n) is 26.7. The first kappa shape index (κ1) is 34.9. The van der Waals surface area contributed by atoms with Crippen LogP contribution in [0.2, 0.25) is 5.02 Å². The van der Waals surface area contributed by atoms with Gasteiger partial charge in [0.05, 0.1) is 22.7 Å². The van der Waals surface area contributed by atoms with E-state index in [1.807, 2.05) is 36.4 Å². The molecule has 1 saturated carbocycles. The molecule has 1 fully saturated rings. The minimum atomic E-state index is -4.34. The van der Waals surface area contributed by atoms with Gasteiger partial charge >= 0.3 is 0 Å². The standard InChI is InChI=1S/C37H39ClFN3O5S/c1-47-31-17-11-14-28(22-31)25-41(35(23-27-12-5-2-6-13-27)37(44)40-29-15-7-3-8-16-29)36(43)26-42(30-20-21-34(39)33(38)24-30)48(45,46)32-18-9-4-10-19-32/h2,4-6,9-14,17-22,24,29,35H,3,7-8,15-16,23,25-26H2,1H3,(H,40,44)/t35-/m1/s1. The predicted octanol–water partition coefficient (Wildman–Crippen LogP) is 6.77. The smallest absolute Gasteiger partial charge is 0.264 e. The van der Waals surface area contributed by atoms with Gasteiger partial charge in [-0.1, -0.05) is 91.5 Å². The van der Waals surface area contributed by atoms with E-state index in [9.17, 15) is 22.4 Å². The largest absolute Gasteiger partial charge is 0.497 e. The molecule has 0 spiro atoms. The Morgan fingerprint density at radius 3 is 2.23 bits per heavy atom. The summed E-state index contributed by atoms with van der Waals surface area (Å²) in [5.74, 6) is -1.10. The minimum Gasteiger partial charge on any atom is -0.497 e. The van der Waals surface area contributed by atoms with E-state index in [2.05, 4.69) is 5.32 Å². The number of ether oxygens (including phenoxy) is 1. The summed E-state index contributed by atoms with van der Waals surface area (Å²) in [6, 6.07) is 26.7. The first-order valence-corrected chi connectivity index (χ1v) is 17.8. The number of methoxy groups -OCH3 is 1. The van der Waals surface area contributed by atoms with Crippen molar-refractivity contribution in [3.05, 3.63) is 125 Å². The van der Waals surface area contributed by atoms with E-state index in [4.69, 9.17) is 16.3 Å². The fourth-order valence-electron chi connectivity index (χ4n) is 5.95. The number of nitrogens with zero attached hydrogens (tertiary/aromatic N) is 2. The van der Waals surface area contributed by atoms with Crippen molar-refractivity contribution >= 4 is 39.1 Å². The second-order valence-electron chi connectivity index (χ2n) is 11.8. The fourth-order valence-corrected chi connectivity index (χ4v) is 7.56. The Morgan fingerprint density at radius 2 is 1.56 bits per heavy atom. The number of hydrogen-bond donors (Lipinski definition) is 1. The van der Waals surface area contributed by atoms with Crippen molar-refractivity contribution in [2.75, 3.05) is 18.0 Å². The molecule has 0 aromatic heterocycles. The fraction of sp³-hybridized carbons (Fsp3) is 0.297. The zero-order chi connectivity index (χ0) is 34.1. The number of carbonyl (C=O) groups is 2. The average molecular weight is 692 g/mol. The SMILES string of the molecule is COc1cccc(CN(C(=O)CN(c2ccc(F)c(Cl)c2)S(=O)(=O)c2ccccc2)[C@H](Cc2ccccc2)C(=O)NC2CCCCC2)c1. The number of halogens is 2. The summed E-state index contributed by atoms with van der Waals surface area (Å²) in [5, 5.41) is 2.89. The molecule has 1 N–H and O–H groups in total. The maximum Gasteiger partial charge on any atom is 0.264 e. The number of benzene rings is 4. The van der Waals surface area contributed by atoms with Crippen LogP contribution < -0.4 is 14.4 Å². The summed E-state index contributed by atoms with van der Waals surface area (Å²) in [6.07, 6.45) is 5.02. The molecule has 11 heteroatoms. The Kier molecular flexibility index (Phi) is 11.7.